The number of carbonyl (C=O) groups excluding carboxylic acids is 3. The molecule has 2 heterocycles. The van der Waals surface area contributed by atoms with Crippen LogP contribution in [-0.2, 0) is 14.8 Å². The molecule has 4 amide bonds. The number of urea groups is 1. The van der Waals surface area contributed by atoms with Gasteiger partial charge in [-0.3, -0.25) is 25.3 Å². The SMILES string of the molecule is CC1NC(=O)NC(=O)C1S(=O)(=O)NNC(=O)c1ccncc1. The zero-order valence-electron chi connectivity index (χ0n) is 11.4. The van der Waals surface area contributed by atoms with Gasteiger partial charge in [0.1, 0.15) is 0 Å². The molecule has 118 valence electrons. The molecule has 0 saturated carbocycles. The van der Waals surface area contributed by atoms with Crippen molar-refractivity contribution in [1.29, 1.82) is 0 Å². The van der Waals surface area contributed by atoms with E-state index in [1.54, 1.807) is 0 Å². The summed E-state index contributed by atoms with van der Waals surface area (Å²) in [5, 5.41) is 2.56. The van der Waals surface area contributed by atoms with Crippen LogP contribution < -0.4 is 20.9 Å². The summed E-state index contributed by atoms with van der Waals surface area (Å²) in [6, 6.07) is 1.06. The van der Waals surface area contributed by atoms with E-state index in [2.05, 4.69) is 10.3 Å². The van der Waals surface area contributed by atoms with Gasteiger partial charge < -0.3 is 5.32 Å². The van der Waals surface area contributed by atoms with Gasteiger partial charge in [-0.25, -0.2) is 13.2 Å². The lowest BCUT2D eigenvalue weighted by atomic mass is 10.2. The predicted molar refractivity (Wildman–Crippen MR) is 73.7 cm³/mol. The molecule has 1 fully saturated rings. The van der Waals surface area contributed by atoms with Crippen LogP contribution in [0.25, 0.3) is 0 Å². The number of hydrogen-bond donors (Lipinski definition) is 4. The van der Waals surface area contributed by atoms with E-state index in [4.69, 9.17) is 0 Å². The van der Waals surface area contributed by atoms with Crippen LogP contribution in [0.4, 0.5) is 4.79 Å². The van der Waals surface area contributed by atoms with Crippen LogP contribution in [0, 0.1) is 0 Å². The Labute approximate surface area is 125 Å². The van der Waals surface area contributed by atoms with Crippen molar-refractivity contribution >= 4 is 27.9 Å². The fourth-order valence-corrected chi connectivity index (χ4v) is 3.20. The van der Waals surface area contributed by atoms with Gasteiger partial charge in [-0.1, -0.05) is 0 Å². The summed E-state index contributed by atoms with van der Waals surface area (Å²) >= 11 is 0. The van der Waals surface area contributed by atoms with Gasteiger partial charge in [0, 0.05) is 18.0 Å². The van der Waals surface area contributed by atoms with Crippen molar-refractivity contribution in [2.45, 2.75) is 18.2 Å². The second-order valence-corrected chi connectivity index (χ2v) is 6.31. The summed E-state index contributed by atoms with van der Waals surface area (Å²) < 4.78 is 24.2. The van der Waals surface area contributed by atoms with Gasteiger partial charge in [-0.05, 0) is 19.1 Å². The van der Waals surface area contributed by atoms with Crippen molar-refractivity contribution in [2.24, 2.45) is 0 Å². The fourth-order valence-electron chi connectivity index (χ4n) is 1.89. The Hall–Kier alpha value is -2.53. The molecule has 0 bridgehead atoms. The van der Waals surface area contributed by atoms with Crippen LogP contribution in [0.2, 0.25) is 0 Å². The third-order valence-electron chi connectivity index (χ3n) is 2.89. The van der Waals surface area contributed by atoms with E-state index in [-0.39, 0.29) is 5.56 Å². The highest BCUT2D eigenvalue weighted by atomic mass is 32.2. The first-order valence-electron chi connectivity index (χ1n) is 6.13. The molecule has 1 aromatic rings. The van der Waals surface area contributed by atoms with Gasteiger partial charge in [0.2, 0.25) is 15.9 Å². The molecular weight excluding hydrogens is 314 g/mol. The number of nitrogens with one attached hydrogen (secondary N) is 4. The number of aromatic nitrogens is 1. The van der Waals surface area contributed by atoms with Gasteiger partial charge in [0.25, 0.3) is 5.91 Å². The third-order valence-corrected chi connectivity index (χ3v) is 4.57. The maximum Gasteiger partial charge on any atom is 0.321 e. The zero-order chi connectivity index (χ0) is 16.3. The minimum absolute atomic E-state index is 0.187. The number of carbonyl (C=O) groups is 3. The van der Waals surface area contributed by atoms with Crippen molar-refractivity contribution < 1.29 is 22.8 Å². The van der Waals surface area contributed by atoms with Gasteiger partial charge >= 0.3 is 6.03 Å². The molecule has 11 heteroatoms. The average Bonchev–Trinajstić information content (AvgIpc) is 2.44. The van der Waals surface area contributed by atoms with E-state index in [0.29, 0.717) is 0 Å². The van der Waals surface area contributed by atoms with Crippen LogP contribution in [0.5, 0.6) is 0 Å². The molecule has 2 rings (SSSR count). The standard InChI is InChI=1S/C11H13N5O5S/c1-6-8(10(18)14-11(19)13-6)22(20,21)16-15-9(17)7-2-4-12-5-3-7/h2-6,8,16H,1H3,(H,15,17)(H2,13,14,18,19). The Balaban J connectivity index is 2.06. The minimum atomic E-state index is -4.23. The Bertz CT molecular complexity index is 705. The fraction of sp³-hybridized carbons (Fsp3) is 0.273. The normalized spacial score (nSPS) is 21.7. The molecule has 4 N–H and O–H groups in total. The van der Waals surface area contributed by atoms with Gasteiger partial charge in [-0.2, -0.15) is 0 Å². The number of hydrogen-bond acceptors (Lipinski definition) is 6. The molecule has 10 nitrogen and oxygen atoms in total. The summed E-state index contributed by atoms with van der Waals surface area (Å²) in [4.78, 5) is 40.1. The minimum Gasteiger partial charge on any atom is -0.333 e. The summed E-state index contributed by atoms with van der Waals surface area (Å²) in [6.45, 7) is 1.37. The van der Waals surface area contributed by atoms with Gasteiger partial charge in [-0.15, -0.1) is 4.83 Å². The number of pyridine rings is 1. The first kappa shape index (κ1) is 15.9. The lowest BCUT2D eigenvalue weighted by Crippen LogP contribution is -2.65. The molecule has 0 aliphatic carbocycles. The largest absolute Gasteiger partial charge is 0.333 e. The van der Waals surface area contributed by atoms with Crippen molar-refractivity contribution in [3.05, 3.63) is 30.1 Å². The molecule has 0 aromatic carbocycles. The number of rotatable bonds is 4. The molecule has 22 heavy (non-hydrogen) atoms. The summed E-state index contributed by atoms with van der Waals surface area (Å²) in [6.07, 6.45) is 2.74. The molecule has 1 saturated heterocycles. The van der Waals surface area contributed by atoms with E-state index in [0.717, 1.165) is 0 Å². The first-order chi connectivity index (χ1) is 10.3. The molecular formula is C11H13N5O5S. The lowest BCUT2D eigenvalue weighted by Gasteiger charge is -2.28. The van der Waals surface area contributed by atoms with Crippen molar-refractivity contribution in [1.82, 2.24) is 25.9 Å². The number of hydrazine groups is 1. The van der Waals surface area contributed by atoms with Crippen LogP contribution in [0.3, 0.4) is 0 Å². The smallest absolute Gasteiger partial charge is 0.321 e. The third kappa shape index (κ3) is 3.38. The molecule has 0 radical (unpaired) electrons. The molecule has 0 spiro atoms. The molecule has 1 aliphatic heterocycles. The van der Waals surface area contributed by atoms with E-state index in [9.17, 15) is 22.8 Å². The monoisotopic (exact) mass is 327 g/mol. The highest BCUT2D eigenvalue weighted by Gasteiger charge is 2.42. The quantitative estimate of drug-likeness (QED) is 0.482. The second kappa shape index (κ2) is 6.07. The highest BCUT2D eigenvalue weighted by molar-refractivity contribution is 7.90. The summed E-state index contributed by atoms with van der Waals surface area (Å²) in [5.74, 6) is -1.68. The number of amides is 4. The zero-order valence-corrected chi connectivity index (χ0v) is 12.2. The van der Waals surface area contributed by atoms with Crippen LogP contribution in [0.15, 0.2) is 24.5 Å². The first-order valence-corrected chi connectivity index (χ1v) is 7.68. The number of sulfonamides is 1. The van der Waals surface area contributed by atoms with Crippen molar-refractivity contribution in [3.63, 3.8) is 0 Å². The summed E-state index contributed by atoms with van der Waals surface area (Å²) in [7, 11) is -4.23. The average molecular weight is 327 g/mol. The van der Waals surface area contributed by atoms with Crippen LogP contribution >= 0.6 is 0 Å². The number of nitrogens with zero attached hydrogens (tertiary/aromatic N) is 1. The number of imide groups is 1. The van der Waals surface area contributed by atoms with Crippen LogP contribution in [0.1, 0.15) is 17.3 Å². The van der Waals surface area contributed by atoms with Crippen molar-refractivity contribution in [3.8, 4) is 0 Å². The topological polar surface area (TPSA) is 146 Å². The van der Waals surface area contributed by atoms with Crippen molar-refractivity contribution in [2.75, 3.05) is 0 Å². The maximum atomic E-state index is 12.1. The van der Waals surface area contributed by atoms with E-state index in [1.165, 1.54) is 31.5 Å². The van der Waals surface area contributed by atoms with E-state index in [1.807, 2.05) is 15.6 Å². The Morgan fingerprint density at radius 2 is 1.91 bits per heavy atom. The van der Waals surface area contributed by atoms with E-state index < -0.39 is 39.2 Å². The Kier molecular flexibility index (Phi) is 4.37. The second-order valence-electron chi connectivity index (χ2n) is 4.51. The van der Waals surface area contributed by atoms with E-state index >= 15 is 0 Å². The van der Waals surface area contributed by atoms with Gasteiger partial charge in [0.05, 0.1) is 6.04 Å². The Morgan fingerprint density at radius 1 is 1.27 bits per heavy atom. The molecule has 2 unspecified atom stereocenters. The lowest BCUT2D eigenvalue weighted by molar-refractivity contribution is -0.120. The van der Waals surface area contributed by atoms with Gasteiger partial charge in [0.15, 0.2) is 5.25 Å². The molecule has 1 aliphatic rings. The molecule has 1 aromatic heterocycles. The van der Waals surface area contributed by atoms with Crippen LogP contribution in [-0.4, -0.2) is 42.5 Å². The highest BCUT2D eigenvalue weighted by Crippen LogP contribution is 2.09. The predicted octanol–water partition coefficient (Wildman–Crippen LogP) is -1.76. The maximum absolute atomic E-state index is 12.1. The Morgan fingerprint density at radius 3 is 2.50 bits per heavy atom. The summed E-state index contributed by atoms with van der Waals surface area (Å²) in [5.41, 5.74) is 2.18. The molecule has 2 atom stereocenters.